The second kappa shape index (κ2) is 5.26. The first-order valence-corrected chi connectivity index (χ1v) is 7.91. The molecule has 4 aromatic heterocycles. The Morgan fingerprint density at radius 2 is 2.12 bits per heavy atom. The van der Waals surface area contributed by atoms with E-state index >= 15 is 0 Å². The molecule has 0 spiro atoms. The molecule has 0 aliphatic carbocycles. The number of hydrogen-bond acceptors (Lipinski definition) is 5. The second-order valence-electron chi connectivity index (χ2n) is 5.99. The molecule has 0 saturated carbocycles. The van der Waals surface area contributed by atoms with Crippen LogP contribution >= 0.6 is 0 Å². The minimum absolute atomic E-state index is 0.0605. The van der Waals surface area contributed by atoms with Crippen molar-refractivity contribution in [2.45, 2.75) is 6.04 Å². The Hall–Kier alpha value is -3.49. The highest BCUT2D eigenvalue weighted by atomic mass is 16.2. The number of carbonyl (C=O) groups excluding carboxylic acids is 1. The molecule has 0 unspecified atom stereocenters. The molecule has 25 heavy (non-hydrogen) atoms. The molecular formula is C16H14N8O. The molecule has 5 heterocycles. The van der Waals surface area contributed by atoms with E-state index in [0.29, 0.717) is 18.8 Å². The van der Waals surface area contributed by atoms with Gasteiger partial charge in [-0.15, -0.1) is 0 Å². The van der Waals surface area contributed by atoms with Gasteiger partial charge < -0.3 is 9.88 Å². The van der Waals surface area contributed by atoms with Crippen LogP contribution in [0.5, 0.6) is 0 Å². The third-order valence-electron chi connectivity index (χ3n) is 4.47. The van der Waals surface area contributed by atoms with Gasteiger partial charge >= 0.3 is 0 Å². The van der Waals surface area contributed by atoms with Crippen molar-refractivity contribution in [3.8, 4) is 11.3 Å². The fourth-order valence-corrected chi connectivity index (χ4v) is 3.09. The molecule has 124 valence electrons. The number of aromatic nitrogens is 7. The maximum Gasteiger partial charge on any atom is 0.274 e. The van der Waals surface area contributed by atoms with E-state index < -0.39 is 0 Å². The lowest BCUT2D eigenvalue weighted by Gasteiger charge is -2.38. The van der Waals surface area contributed by atoms with Crippen LogP contribution in [0.2, 0.25) is 0 Å². The first-order chi connectivity index (χ1) is 12.3. The summed E-state index contributed by atoms with van der Waals surface area (Å²) in [5, 5.41) is 12.0. The largest absolute Gasteiger partial charge is 0.346 e. The standard InChI is InChI=1S/C16H14N8O/c25-16(13-2-4-20-22-13)23-7-11(8-23)24-6-10(5-21-24)14-12-1-3-17-15(12)19-9-18-14/h1-6,9,11H,7-8H2,(H,20,22)(H,17,18,19). The zero-order valence-corrected chi connectivity index (χ0v) is 13.1. The van der Waals surface area contributed by atoms with Gasteiger partial charge in [0.25, 0.3) is 5.91 Å². The zero-order valence-electron chi connectivity index (χ0n) is 13.1. The summed E-state index contributed by atoms with van der Waals surface area (Å²) in [4.78, 5) is 25.6. The van der Waals surface area contributed by atoms with E-state index in [1.165, 1.54) is 0 Å². The number of nitrogens with one attached hydrogen (secondary N) is 2. The van der Waals surface area contributed by atoms with E-state index in [1.54, 1.807) is 29.7 Å². The molecule has 9 heteroatoms. The first-order valence-electron chi connectivity index (χ1n) is 7.91. The minimum atomic E-state index is -0.0605. The normalized spacial score (nSPS) is 14.8. The first kappa shape index (κ1) is 13.9. The zero-order chi connectivity index (χ0) is 16.8. The van der Waals surface area contributed by atoms with Crippen molar-refractivity contribution in [3.63, 3.8) is 0 Å². The third kappa shape index (κ3) is 2.20. The second-order valence-corrected chi connectivity index (χ2v) is 5.99. The highest BCUT2D eigenvalue weighted by Gasteiger charge is 2.33. The number of amides is 1. The van der Waals surface area contributed by atoms with E-state index in [0.717, 1.165) is 22.3 Å². The van der Waals surface area contributed by atoms with Gasteiger partial charge in [-0.05, 0) is 12.1 Å². The minimum Gasteiger partial charge on any atom is -0.346 e. The number of hydrogen-bond donors (Lipinski definition) is 2. The van der Waals surface area contributed by atoms with E-state index in [9.17, 15) is 4.79 Å². The number of rotatable bonds is 3. The van der Waals surface area contributed by atoms with E-state index in [1.807, 2.05) is 23.1 Å². The highest BCUT2D eigenvalue weighted by molar-refractivity contribution is 5.92. The van der Waals surface area contributed by atoms with Crippen molar-refractivity contribution in [2.24, 2.45) is 0 Å². The summed E-state index contributed by atoms with van der Waals surface area (Å²) < 4.78 is 1.89. The van der Waals surface area contributed by atoms with Gasteiger partial charge in [-0.25, -0.2) is 9.97 Å². The molecular weight excluding hydrogens is 320 g/mol. The molecule has 0 bridgehead atoms. The van der Waals surface area contributed by atoms with Gasteiger partial charge in [-0.3, -0.25) is 14.6 Å². The molecule has 5 rings (SSSR count). The van der Waals surface area contributed by atoms with Crippen LogP contribution in [-0.4, -0.2) is 58.8 Å². The lowest BCUT2D eigenvalue weighted by Crippen LogP contribution is -2.51. The average molecular weight is 334 g/mol. The van der Waals surface area contributed by atoms with Gasteiger partial charge in [0.2, 0.25) is 0 Å². The summed E-state index contributed by atoms with van der Waals surface area (Å²) in [7, 11) is 0. The fraction of sp³-hybridized carbons (Fsp3) is 0.188. The Labute approximate surface area is 141 Å². The number of nitrogens with zero attached hydrogens (tertiary/aromatic N) is 6. The Kier molecular flexibility index (Phi) is 2.93. The van der Waals surface area contributed by atoms with E-state index in [-0.39, 0.29) is 11.9 Å². The summed E-state index contributed by atoms with van der Waals surface area (Å²) in [6.07, 6.45) is 8.80. The molecule has 1 saturated heterocycles. The quantitative estimate of drug-likeness (QED) is 0.586. The van der Waals surface area contributed by atoms with Crippen LogP contribution in [0.1, 0.15) is 16.5 Å². The molecule has 1 aliphatic rings. The molecule has 4 aromatic rings. The van der Waals surface area contributed by atoms with Gasteiger partial charge in [-0.1, -0.05) is 0 Å². The molecule has 0 radical (unpaired) electrons. The molecule has 0 aromatic carbocycles. The van der Waals surface area contributed by atoms with Crippen molar-refractivity contribution < 1.29 is 4.79 Å². The highest BCUT2D eigenvalue weighted by Crippen LogP contribution is 2.27. The lowest BCUT2D eigenvalue weighted by atomic mass is 10.1. The average Bonchev–Trinajstić information content (AvgIpc) is 3.33. The van der Waals surface area contributed by atoms with Crippen molar-refractivity contribution >= 4 is 16.9 Å². The van der Waals surface area contributed by atoms with Crippen LogP contribution < -0.4 is 0 Å². The van der Waals surface area contributed by atoms with Crippen LogP contribution in [-0.2, 0) is 0 Å². The molecule has 1 fully saturated rings. The van der Waals surface area contributed by atoms with Crippen molar-refractivity contribution in [2.75, 3.05) is 13.1 Å². The predicted octanol–water partition coefficient (Wildman–Crippen LogP) is 1.24. The Balaban J connectivity index is 1.35. The number of fused-ring (bicyclic) bond motifs is 1. The number of aromatic amines is 2. The van der Waals surface area contributed by atoms with Crippen molar-refractivity contribution in [3.05, 3.63) is 48.9 Å². The fourth-order valence-electron chi connectivity index (χ4n) is 3.09. The van der Waals surface area contributed by atoms with Gasteiger partial charge in [0.1, 0.15) is 17.7 Å². The maximum absolute atomic E-state index is 12.2. The van der Waals surface area contributed by atoms with Crippen LogP contribution in [0.4, 0.5) is 0 Å². The number of carbonyl (C=O) groups is 1. The van der Waals surface area contributed by atoms with Crippen molar-refractivity contribution in [1.29, 1.82) is 0 Å². The predicted molar refractivity (Wildman–Crippen MR) is 88.6 cm³/mol. The lowest BCUT2D eigenvalue weighted by molar-refractivity contribution is 0.0495. The molecule has 1 amide bonds. The molecule has 2 N–H and O–H groups in total. The number of likely N-dealkylation sites (tertiary alicyclic amines) is 1. The molecule has 0 atom stereocenters. The topological polar surface area (TPSA) is 108 Å². The summed E-state index contributed by atoms with van der Waals surface area (Å²) in [6.45, 7) is 1.24. The monoisotopic (exact) mass is 334 g/mol. The van der Waals surface area contributed by atoms with Crippen LogP contribution in [0, 0.1) is 0 Å². The Bertz CT molecular complexity index is 1040. The van der Waals surface area contributed by atoms with Crippen LogP contribution in [0.25, 0.3) is 22.3 Å². The summed E-state index contributed by atoms with van der Waals surface area (Å²) in [5.41, 5.74) is 3.03. The van der Waals surface area contributed by atoms with E-state index in [2.05, 4.69) is 30.2 Å². The van der Waals surface area contributed by atoms with Gasteiger partial charge in [-0.2, -0.15) is 10.2 Å². The van der Waals surface area contributed by atoms with Crippen LogP contribution in [0.15, 0.2) is 43.2 Å². The maximum atomic E-state index is 12.2. The summed E-state index contributed by atoms with van der Waals surface area (Å²) >= 11 is 0. The van der Waals surface area contributed by atoms with Gasteiger partial charge in [0.15, 0.2) is 0 Å². The molecule has 1 aliphatic heterocycles. The van der Waals surface area contributed by atoms with Gasteiger partial charge in [0.05, 0.1) is 17.9 Å². The van der Waals surface area contributed by atoms with Crippen molar-refractivity contribution in [1.82, 2.24) is 39.8 Å². The summed E-state index contributed by atoms with van der Waals surface area (Å²) in [6, 6.07) is 3.80. The smallest absolute Gasteiger partial charge is 0.274 e. The Morgan fingerprint density at radius 1 is 1.20 bits per heavy atom. The summed E-state index contributed by atoms with van der Waals surface area (Å²) in [5.74, 6) is -0.0605. The number of H-pyrrole nitrogens is 2. The molecule has 9 nitrogen and oxygen atoms in total. The van der Waals surface area contributed by atoms with Crippen LogP contribution in [0.3, 0.4) is 0 Å². The Morgan fingerprint density at radius 3 is 2.96 bits per heavy atom. The third-order valence-corrected chi connectivity index (χ3v) is 4.47. The SMILES string of the molecule is O=C(c1cc[nH]n1)N1CC(n2cc(-c3ncnc4[nH]ccc34)cn2)C1. The van der Waals surface area contributed by atoms with Gasteiger partial charge in [0, 0.05) is 42.6 Å². The van der Waals surface area contributed by atoms with E-state index in [4.69, 9.17) is 0 Å².